The number of benzene rings is 2. The summed E-state index contributed by atoms with van der Waals surface area (Å²) < 4.78 is 0. The summed E-state index contributed by atoms with van der Waals surface area (Å²) in [6.07, 6.45) is 0. The van der Waals surface area contributed by atoms with E-state index in [1.54, 1.807) is 18.2 Å². The first-order valence-electron chi connectivity index (χ1n) is 4.59. The Morgan fingerprint density at radius 2 is 1.88 bits per heavy atom. The van der Waals surface area contributed by atoms with Gasteiger partial charge in [-0.25, -0.2) is 0 Å². The van der Waals surface area contributed by atoms with Gasteiger partial charge in [0.15, 0.2) is 0 Å². The third kappa shape index (κ3) is 2.04. The fraction of sp³-hybridized carbons (Fsp3) is 0. The summed E-state index contributed by atoms with van der Waals surface area (Å²) in [7, 11) is 0. The van der Waals surface area contributed by atoms with E-state index in [9.17, 15) is 10.1 Å². The molecular weight excluding hydrogens is 226 g/mol. The summed E-state index contributed by atoms with van der Waals surface area (Å²) in [5.41, 5.74) is 1.73. The van der Waals surface area contributed by atoms with Gasteiger partial charge in [-0.3, -0.25) is 10.1 Å². The van der Waals surface area contributed by atoms with Crippen LogP contribution in [-0.2, 0) is 0 Å². The largest absolute Gasteiger partial charge is 0.269 e. The Hall–Kier alpha value is -1.87. The molecule has 3 nitrogen and oxygen atoms in total. The van der Waals surface area contributed by atoms with Gasteiger partial charge < -0.3 is 0 Å². The van der Waals surface area contributed by atoms with E-state index in [1.807, 2.05) is 12.1 Å². The van der Waals surface area contributed by atoms with Crippen LogP contribution in [0.5, 0.6) is 0 Å². The van der Waals surface area contributed by atoms with Gasteiger partial charge in [0.1, 0.15) is 0 Å². The van der Waals surface area contributed by atoms with Gasteiger partial charge in [0, 0.05) is 23.8 Å². The Labute approximate surface area is 97.4 Å². The van der Waals surface area contributed by atoms with Crippen molar-refractivity contribution in [1.29, 1.82) is 0 Å². The Morgan fingerprint density at radius 3 is 2.44 bits per heavy atom. The number of nitrogens with zero attached hydrogens (tertiary/aromatic N) is 1. The maximum atomic E-state index is 10.5. The molecule has 16 heavy (non-hydrogen) atoms. The molecule has 1 radical (unpaired) electrons. The first-order valence-corrected chi connectivity index (χ1v) is 4.97. The molecule has 0 N–H and O–H groups in total. The van der Waals surface area contributed by atoms with Crippen LogP contribution in [0.1, 0.15) is 0 Å². The molecule has 0 amide bonds. The van der Waals surface area contributed by atoms with Gasteiger partial charge in [-0.05, 0) is 17.7 Å². The standard InChI is InChI=1S/C12H7ClNO2/c13-12-4-2-1-3-11(12)9-5-7-10(8-6-9)14(15)16/h1-3,5-8H. The molecule has 0 aromatic heterocycles. The zero-order chi connectivity index (χ0) is 11.5. The summed E-state index contributed by atoms with van der Waals surface area (Å²) in [4.78, 5) is 10.1. The summed E-state index contributed by atoms with van der Waals surface area (Å²) in [6.45, 7) is 0. The highest BCUT2D eigenvalue weighted by Gasteiger charge is 2.06. The number of rotatable bonds is 2. The molecule has 2 aromatic rings. The van der Waals surface area contributed by atoms with E-state index in [2.05, 4.69) is 6.07 Å². The van der Waals surface area contributed by atoms with E-state index in [4.69, 9.17) is 11.6 Å². The predicted octanol–water partition coefficient (Wildman–Crippen LogP) is 3.72. The minimum atomic E-state index is -0.428. The summed E-state index contributed by atoms with van der Waals surface area (Å²) in [5, 5.41) is 11.0. The van der Waals surface area contributed by atoms with Gasteiger partial charge in [-0.2, -0.15) is 0 Å². The molecule has 0 saturated carbocycles. The third-order valence-electron chi connectivity index (χ3n) is 2.19. The van der Waals surface area contributed by atoms with Crippen molar-refractivity contribution in [1.82, 2.24) is 0 Å². The molecule has 0 aliphatic rings. The van der Waals surface area contributed by atoms with E-state index >= 15 is 0 Å². The van der Waals surface area contributed by atoms with Crippen molar-refractivity contribution in [3.8, 4) is 11.1 Å². The lowest BCUT2D eigenvalue weighted by atomic mass is 10.1. The minimum absolute atomic E-state index is 0.0692. The highest BCUT2D eigenvalue weighted by Crippen LogP contribution is 2.28. The molecule has 0 unspecified atom stereocenters. The van der Waals surface area contributed by atoms with Crippen molar-refractivity contribution in [3.63, 3.8) is 0 Å². The quantitative estimate of drug-likeness (QED) is 0.585. The molecule has 79 valence electrons. The maximum absolute atomic E-state index is 10.5. The van der Waals surface area contributed by atoms with Gasteiger partial charge in [0.05, 0.1) is 9.95 Å². The van der Waals surface area contributed by atoms with E-state index in [1.165, 1.54) is 12.1 Å². The van der Waals surface area contributed by atoms with Gasteiger partial charge in [0.2, 0.25) is 0 Å². The Balaban J connectivity index is 2.43. The summed E-state index contributed by atoms with van der Waals surface area (Å²) in [5.74, 6) is 0. The first-order chi connectivity index (χ1) is 7.68. The second-order valence-electron chi connectivity index (χ2n) is 3.20. The average Bonchev–Trinajstić information content (AvgIpc) is 2.30. The van der Waals surface area contributed by atoms with Gasteiger partial charge in [-0.15, -0.1) is 0 Å². The molecule has 0 bridgehead atoms. The molecule has 0 heterocycles. The second-order valence-corrected chi connectivity index (χ2v) is 3.58. The molecule has 0 fully saturated rings. The van der Waals surface area contributed by atoms with Gasteiger partial charge >= 0.3 is 0 Å². The van der Waals surface area contributed by atoms with E-state index in [-0.39, 0.29) is 5.69 Å². The van der Waals surface area contributed by atoms with Crippen molar-refractivity contribution in [2.45, 2.75) is 0 Å². The molecule has 0 atom stereocenters. The maximum Gasteiger partial charge on any atom is 0.269 e. The molecule has 4 heteroatoms. The molecular formula is C12H7ClNO2. The Bertz CT molecular complexity index is 523. The molecule has 2 rings (SSSR count). The normalized spacial score (nSPS) is 10.1. The molecule has 0 aliphatic carbocycles. The lowest BCUT2D eigenvalue weighted by molar-refractivity contribution is -0.384. The van der Waals surface area contributed by atoms with Crippen LogP contribution in [0.25, 0.3) is 11.1 Å². The molecule has 0 aliphatic heterocycles. The lowest BCUT2D eigenvalue weighted by Crippen LogP contribution is -1.87. The van der Waals surface area contributed by atoms with Gasteiger partial charge in [0.25, 0.3) is 5.69 Å². The number of hydrogen-bond donors (Lipinski definition) is 0. The van der Waals surface area contributed by atoms with Crippen LogP contribution in [0, 0.1) is 16.2 Å². The fourth-order valence-corrected chi connectivity index (χ4v) is 1.64. The van der Waals surface area contributed by atoms with Crippen LogP contribution in [0.4, 0.5) is 5.69 Å². The SMILES string of the molecule is O=[N+]([O-])c1ccc(-c2ccc[c]c2Cl)cc1. The van der Waals surface area contributed by atoms with Crippen molar-refractivity contribution in [3.05, 3.63) is 63.7 Å². The Kier molecular flexibility index (Phi) is 2.88. The molecule has 2 aromatic carbocycles. The number of nitro benzene ring substituents is 1. The van der Waals surface area contributed by atoms with Crippen molar-refractivity contribution in [2.75, 3.05) is 0 Å². The number of halogens is 1. The van der Waals surface area contributed by atoms with Crippen LogP contribution in [0.3, 0.4) is 0 Å². The van der Waals surface area contributed by atoms with E-state index in [0.717, 1.165) is 11.1 Å². The van der Waals surface area contributed by atoms with Crippen LogP contribution in [-0.4, -0.2) is 4.92 Å². The van der Waals surface area contributed by atoms with E-state index < -0.39 is 4.92 Å². The fourth-order valence-electron chi connectivity index (χ4n) is 1.40. The second kappa shape index (κ2) is 4.33. The molecule has 0 saturated heterocycles. The highest BCUT2D eigenvalue weighted by molar-refractivity contribution is 6.33. The van der Waals surface area contributed by atoms with Crippen LogP contribution in [0.2, 0.25) is 5.02 Å². The number of hydrogen-bond acceptors (Lipinski definition) is 2. The summed E-state index contributed by atoms with van der Waals surface area (Å²) in [6, 6.07) is 14.5. The van der Waals surface area contributed by atoms with Crippen molar-refractivity contribution in [2.24, 2.45) is 0 Å². The topological polar surface area (TPSA) is 43.1 Å². The number of nitro groups is 1. The Morgan fingerprint density at radius 1 is 1.19 bits per heavy atom. The first kappa shape index (κ1) is 10.6. The van der Waals surface area contributed by atoms with Crippen LogP contribution >= 0.6 is 11.6 Å². The summed E-state index contributed by atoms with van der Waals surface area (Å²) >= 11 is 5.97. The molecule has 0 spiro atoms. The van der Waals surface area contributed by atoms with E-state index in [0.29, 0.717) is 5.02 Å². The third-order valence-corrected chi connectivity index (χ3v) is 2.51. The zero-order valence-electron chi connectivity index (χ0n) is 8.18. The van der Waals surface area contributed by atoms with Gasteiger partial charge in [-0.1, -0.05) is 29.8 Å². The highest BCUT2D eigenvalue weighted by atomic mass is 35.5. The minimum Gasteiger partial charge on any atom is -0.258 e. The van der Waals surface area contributed by atoms with Crippen LogP contribution < -0.4 is 0 Å². The smallest absolute Gasteiger partial charge is 0.258 e. The lowest BCUT2D eigenvalue weighted by Gasteiger charge is -2.02. The predicted molar refractivity (Wildman–Crippen MR) is 62.4 cm³/mol. The zero-order valence-corrected chi connectivity index (χ0v) is 8.94. The van der Waals surface area contributed by atoms with Crippen molar-refractivity contribution < 1.29 is 4.92 Å². The monoisotopic (exact) mass is 232 g/mol. The van der Waals surface area contributed by atoms with Crippen molar-refractivity contribution >= 4 is 17.3 Å². The van der Waals surface area contributed by atoms with Crippen LogP contribution in [0.15, 0.2) is 42.5 Å². The number of non-ortho nitro benzene ring substituents is 1. The average molecular weight is 233 g/mol.